The van der Waals surface area contributed by atoms with Crippen molar-refractivity contribution in [1.29, 1.82) is 0 Å². The molecule has 4 aromatic rings. The van der Waals surface area contributed by atoms with Crippen molar-refractivity contribution >= 4 is 11.0 Å². The van der Waals surface area contributed by atoms with E-state index in [1.807, 2.05) is 12.3 Å². The molecule has 3 heterocycles. The first kappa shape index (κ1) is 24.5. The van der Waals surface area contributed by atoms with Gasteiger partial charge in [0.25, 0.3) is 5.56 Å². The standard InChI is InChI=1S/C30H36N4O2/c1-32(2)22-27-25(21-34-17-7-6-10-29(34)35)12-13-26-28(31-36-30(26)27)14-11-23-15-18-33(19-16-23)20-24-8-4-3-5-9-24/h3-10,12-13,17,23H,11,14-16,18-22H2,1-2H3. The smallest absolute Gasteiger partial charge is 0.250 e. The molecule has 1 aliphatic rings. The predicted octanol–water partition coefficient (Wildman–Crippen LogP) is 4.94. The molecule has 2 aromatic heterocycles. The molecule has 0 aliphatic carbocycles. The largest absolute Gasteiger partial charge is 0.356 e. The third-order valence-electron chi connectivity index (χ3n) is 7.38. The lowest BCUT2D eigenvalue weighted by atomic mass is 9.90. The van der Waals surface area contributed by atoms with Crippen LogP contribution in [0.25, 0.3) is 11.0 Å². The summed E-state index contributed by atoms with van der Waals surface area (Å²) in [5.74, 6) is 0.731. The van der Waals surface area contributed by atoms with Crippen LogP contribution in [0.3, 0.4) is 0 Å². The van der Waals surface area contributed by atoms with Gasteiger partial charge < -0.3 is 14.0 Å². The van der Waals surface area contributed by atoms with Crippen LogP contribution in [0.15, 0.2) is 76.2 Å². The number of piperidine rings is 1. The second kappa shape index (κ2) is 11.2. The summed E-state index contributed by atoms with van der Waals surface area (Å²) < 4.78 is 7.68. The van der Waals surface area contributed by atoms with E-state index in [2.05, 4.69) is 71.5 Å². The van der Waals surface area contributed by atoms with Crippen LogP contribution < -0.4 is 5.56 Å². The summed E-state index contributed by atoms with van der Waals surface area (Å²) in [5, 5.41) is 5.62. The Morgan fingerprint density at radius 2 is 1.75 bits per heavy atom. The number of benzene rings is 2. The van der Waals surface area contributed by atoms with Gasteiger partial charge in [0.1, 0.15) is 0 Å². The van der Waals surface area contributed by atoms with Crippen molar-refractivity contribution in [1.82, 2.24) is 19.5 Å². The van der Waals surface area contributed by atoms with Gasteiger partial charge in [-0.25, -0.2) is 0 Å². The zero-order valence-corrected chi connectivity index (χ0v) is 21.4. The maximum absolute atomic E-state index is 12.3. The summed E-state index contributed by atoms with van der Waals surface area (Å²) in [7, 11) is 4.11. The molecule has 1 fully saturated rings. The molecule has 0 spiro atoms. The van der Waals surface area contributed by atoms with Crippen LogP contribution in [-0.4, -0.2) is 46.7 Å². The van der Waals surface area contributed by atoms with Gasteiger partial charge in [-0.1, -0.05) is 47.6 Å². The van der Waals surface area contributed by atoms with Gasteiger partial charge in [-0.15, -0.1) is 0 Å². The number of rotatable bonds is 9. The van der Waals surface area contributed by atoms with Crippen LogP contribution in [0.4, 0.5) is 0 Å². The van der Waals surface area contributed by atoms with E-state index in [4.69, 9.17) is 4.52 Å². The number of aromatic nitrogens is 2. The van der Waals surface area contributed by atoms with Gasteiger partial charge in [-0.2, -0.15) is 0 Å². The highest BCUT2D eigenvalue weighted by Crippen LogP contribution is 2.30. The summed E-state index contributed by atoms with van der Waals surface area (Å²) in [6, 6.07) is 20.3. The number of aryl methyl sites for hydroxylation is 1. The van der Waals surface area contributed by atoms with E-state index in [-0.39, 0.29) is 5.56 Å². The highest BCUT2D eigenvalue weighted by atomic mass is 16.5. The van der Waals surface area contributed by atoms with Gasteiger partial charge in [0.15, 0.2) is 5.58 Å². The zero-order chi connectivity index (χ0) is 24.9. The molecular formula is C30H36N4O2. The van der Waals surface area contributed by atoms with Gasteiger partial charge in [-0.3, -0.25) is 9.69 Å². The van der Waals surface area contributed by atoms with Crippen molar-refractivity contribution in [2.75, 3.05) is 27.2 Å². The number of hydrogen-bond acceptors (Lipinski definition) is 5. The van der Waals surface area contributed by atoms with Crippen molar-refractivity contribution in [3.05, 3.63) is 99.6 Å². The minimum Gasteiger partial charge on any atom is -0.356 e. The average Bonchev–Trinajstić information content (AvgIpc) is 3.30. The molecule has 6 nitrogen and oxygen atoms in total. The summed E-state index contributed by atoms with van der Waals surface area (Å²) >= 11 is 0. The number of fused-ring (bicyclic) bond motifs is 1. The molecule has 36 heavy (non-hydrogen) atoms. The molecule has 0 atom stereocenters. The lowest BCUT2D eigenvalue weighted by Gasteiger charge is -2.32. The Kier molecular flexibility index (Phi) is 7.63. The molecule has 0 unspecified atom stereocenters. The van der Waals surface area contributed by atoms with E-state index in [1.54, 1.807) is 16.7 Å². The highest BCUT2D eigenvalue weighted by Gasteiger charge is 2.21. The fourth-order valence-corrected chi connectivity index (χ4v) is 5.36. The summed E-state index contributed by atoms with van der Waals surface area (Å²) in [6.07, 6.45) is 6.40. The maximum atomic E-state index is 12.3. The molecule has 0 bridgehead atoms. The number of pyridine rings is 1. The Morgan fingerprint density at radius 1 is 0.972 bits per heavy atom. The van der Waals surface area contributed by atoms with Gasteiger partial charge in [0.05, 0.1) is 12.2 Å². The van der Waals surface area contributed by atoms with Crippen molar-refractivity contribution in [3.8, 4) is 0 Å². The van der Waals surface area contributed by atoms with E-state index < -0.39 is 0 Å². The minimum atomic E-state index is 0.00137. The molecule has 6 heteroatoms. The Hall–Kier alpha value is -3.22. The molecule has 0 N–H and O–H groups in total. The van der Waals surface area contributed by atoms with Gasteiger partial charge in [0, 0.05) is 36.3 Å². The third-order valence-corrected chi connectivity index (χ3v) is 7.38. The van der Waals surface area contributed by atoms with Crippen LogP contribution in [0, 0.1) is 5.92 Å². The van der Waals surface area contributed by atoms with E-state index in [9.17, 15) is 4.79 Å². The highest BCUT2D eigenvalue weighted by molar-refractivity contribution is 5.83. The Bertz CT molecular complexity index is 1330. The third kappa shape index (κ3) is 5.77. The fourth-order valence-electron chi connectivity index (χ4n) is 5.36. The SMILES string of the molecule is CN(C)Cc1c(Cn2ccccc2=O)ccc2c(CCC3CCN(Cc4ccccc4)CC3)noc12. The molecule has 2 aromatic carbocycles. The first-order valence-corrected chi connectivity index (χ1v) is 13.0. The summed E-state index contributed by atoms with van der Waals surface area (Å²) in [6.45, 7) is 4.63. The number of likely N-dealkylation sites (tertiary alicyclic amines) is 1. The van der Waals surface area contributed by atoms with Gasteiger partial charge >= 0.3 is 0 Å². The normalized spacial score (nSPS) is 15.2. The van der Waals surface area contributed by atoms with Crippen molar-refractivity contribution < 1.29 is 4.52 Å². The van der Waals surface area contributed by atoms with E-state index in [1.165, 1.54) is 18.4 Å². The van der Waals surface area contributed by atoms with Crippen molar-refractivity contribution in [3.63, 3.8) is 0 Å². The number of hydrogen-bond donors (Lipinski definition) is 0. The molecule has 0 amide bonds. The maximum Gasteiger partial charge on any atom is 0.250 e. The molecular weight excluding hydrogens is 448 g/mol. The predicted molar refractivity (Wildman–Crippen MR) is 144 cm³/mol. The zero-order valence-electron chi connectivity index (χ0n) is 21.4. The first-order valence-electron chi connectivity index (χ1n) is 13.0. The lowest BCUT2D eigenvalue weighted by Crippen LogP contribution is -2.33. The van der Waals surface area contributed by atoms with Crippen molar-refractivity contribution in [2.24, 2.45) is 5.92 Å². The van der Waals surface area contributed by atoms with Crippen LogP contribution in [-0.2, 0) is 26.1 Å². The molecule has 1 aliphatic heterocycles. The Labute approximate surface area is 213 Å². The minimum absolute atomic E-state index is 0.00137. The monoisotopic (exact) mass is 484 g/mol. The van der Waals surface area contributed by atoms with E-state index in [0.717, 1.165) is 72.7 Å². The lowest BCUT2D eigenvalue weighted by molar-refractivity contribution is 0.172. The van der Waals surface area contributed by atoms with Crippen LogP contribution in [0.2, 0.25) is 0 Å². The summed E-state index contributed by atoms with van der Waals surface area (Å²) in [5.41, 5.74) is 5.52. The molecule has 188 valence electrons. The summed E-state index contributed by atoms with van der Waals surface area (Å²) in [4.78, 5) is 17.0. The Balaban J connectivity index is 1.26. The first-order chi connectivity index (χ1) is 17.6. The van der Waals surface area contributed by atoms with Crippen molar-refractivity contribution in [2.45, 2.75) is 45.3 Å². The average molecular weight is 485 g/mol. The quantitative estimate of drug-likeness (QED) is 0.337. The second-order valence-electron chi connectivity index (χ2n) is 10.4. The fraction of sp³-hybridized carbons (Fsp3) is 0.400. The van der Waals surface area contributed by atoms with Gasteiger partial charge in [0.2, 0.25) is 0 Å². The topological polar surface area (TPSA) is 54.5 Å². The Morgan fingerprint density at radius 3 is 2.50 bits per heavy atom. The molecule has 5 rings (SSSR count). The molecule has 0 saturated carbocycles. The number of nitrogens with zero attached hydrogens (tertiary/aromatic N) is 4. The van der Waals surface area contributed by atoms with Crippen LogP contribution in [0.1, 0.15) is 41.6 Å². The van der Waals surface area contributed by atoms with E-state index in [0.29, 0.717) is 6.54 Å². The van der Waals surface area contributed by atoms with Crippen LogP contribution >= 0.6 is 0 Å². The van der Waals surface area contributed by atoms with Crippen LogP contribution in [0.5, 0.6) is 0 Å². The van der Waals surface area contributed by atoms with E-state index >= 15 is 0 Å². The van der Waals surface area contributed by atoms with Gasteiger partial charge in [-0.05, 0) is 82.0 Å². The molecule has 0 radical (unpaired) electrons. The second-order valence-corrected chi connectivity index (χ2v) is 10.4. The molecule has 1 saturated heterocycles.